The van der Waals surface area contributed by atoms with Crippen molar-refractivity contribution in [1.82, 2.24) is 5.32 Å². The van der Waals surface area contributed by atoms with Crippen LogP contribution in [0.2, 0.25) is 0 Å². The Morgan fingerprint density at radius 1 is 1.26 bits per heavy atom. The molecule has 1 aromatic rings. The molecule has 0 unspecified atom stereocenters. The number of halogens is 3. The number of hydrogen-bond donors (Lipinski definition) is 1. The maximum atomic E-state index is 12.5. The van der Waals surface area contributed by atoms with E-state index in [4.69, 9.17) is 5.26 Å². The highest BCUT2D eigenvalue weighted by Gasteiger charge is 2.41. The van der Waals surface area contributed by atoms with E-state index in [1.165, 1.54) is 11.3 Å². The van der Waals surface area contributed by atoms with Gasteiger partial charge in [-0.2, -0.15) is 18.4 Å². The molecule has 104 valence electrons. The van der Waals surface area contributed by atoms with Crippen molar-refractivity contribution in [1.29, 1.82) is 5.26 Å². The molecule has 0 radical (unpaired) electrons. The quantitative estimate of drug-likeness (QED) is 0.917. The highest BCUT2D eigenvalue weighted by Crippen LogP contribution is 2.37. The van der Waals surface area contributed by atoms with Gasteiger partial charge in [0.25, 0.3) is 0 Å². The molecule has 2 nitrogen and oxygen atoms in total. The molecule has 1 aliphatic carbocycles. The normalized spacial score (nSPS) is 24.1. The minimum absolute atomic E-state index is 0.159. The molecule has 1 heterocycles. The number of nitrogens with one attached hydrogen (secondary N) is 1. The van der Waals surface area contributed by atoms with Crippen molar-refractivity contribution in [3.8, 4) is 6.07 Å². The molecule has 6 heteroatoms. The number of rotatable bonds is 3. The van der Waals surface area contributed by atoms with Gasteiger partial charge in [0, 0.05) is 17.5 Å². The number of thiophene rings is 1. The first kappa shape index (κ1) is 14.4. The van der Waals surface area contributed by atoms with Crippen LogP contribution >= 0.6 is 11.3 Å². The average molecular weight is 288 g/mol. The number of nitriles is 1. The van der Waals surface area contributed by atoms with E-state index < -0.39 is 12.1 Å². The molecule has 1 N–H and O–H groups in total. The van der Waals surface area contributed by atoms with Crippen LogP contribution in [-0.4, -0.2) is 12.2 Å². The first-order valence-corrected chi connectivity index (χ1v) is 7.09. The van der Waals surface area contributed by atoms with E-state index in [0.717, 1.165) is 4.88 Å². The Bertz CT molecular complexity index is 453. The first-order valence-electron chi connectivity index (χ1n) is 6.28. The largest absolute Gasteiger partial charge is 0.391 e. The van der Waals surface area contributed by atoms with Crippen LogP contribution in [0.3, 0.4) is 0 Å². The van der Waals surface area contributed by atoms with Crippen molar-refractivity contribution < 1.29 is 13.2 Å². The van der Waals surface area contributed by atoms with Gasteiger partial charge in [-0.15, -0.1) is 11.3 Å². The fraction of sp³-hybridized carbons (Fsp3) is 0.615. The first-order chi connectivity index (χ1) is 8.99. The fourth-order valence-corrected chi connectivity index (χ4v) is 3.16. The highest BCUT2D eigenvalue weighted by molar-refractivity contribution is 7.12. The standard InChI is InChI=1S/C13H15F3N2S/c14-13(15,16)9-1-3-10(4-2-9)18-8-12-6-5-11(7-17)19-12/h5-6,9-10,18H,1-4,8H2. The zero-order valence-corrected chi connectivity index (χ0v) is 11.2. The Morgan fingerprint density at radius 2 is 1.95 bits per heavy atom. The number of alkyl halides is 3. The fourth-order valence-electron chi connectivity index (χ4n) is 2.40. The topological polar surface area (TPSA) is 35.8 Å². The third-order valence-electron chi connectivity index (χ3n) is 3.53. The van der Waals surface area contributed by atoms with Gasteiger partial charge in [0.1, 0.15) is 10.9 Å². The molecule has 1 aromatic heterocycles. The second-order valence-corrected chi connectivity index (χ2v) is 6.02. The van der Waals surface area contributed by atoms with Crippen LogP contribution in [0.15, 0.2) is 12.1 Å². The van der Waals surface area contributed by atoms with Gasteiger partial charge in [-0.1, -0.05) is 0 Å². The van der Waals surface area contributed by atoms with Crippen molar-refractivity contribution in [2.24, 2.45) is 5.92 Å². The second kappa shape index (κ2) is 5.93. The molecule has 0 amide bonds. The molecule has 2 rings (SSSR count). The molecule has 0 saturated heterocycles. The van der Waals surface area contributed by atoms with E-state index in [-0.39, 0.29) is 18.9 Å². The summed E-state index contributed by atoms with van der Waals surface area (Å²) in [6.45, 7) is 0.633. The van der Waals surface area contributed by atoms with Crippen molar-refractivity contribution >= 4 is 11.3 Å². The predicted molar refractivity (Wildman–Crippen MR) is 67.7 cm³/mol. The van der Waals surface area contributed by atoms with E-state index in [1.807, 2.05) is 6.07 Å². The predicted octanol–water partition coefficient (Wildman–Crippen LogP) is 3.83. The van der Waals surface area contributed by atoms with Gasteiger partial charge < -0.3 is 5.32 Å². The molecule has 1 fully saturated rings. The van der Waals surface area contributed by atoms with E-state index in [2.05, 4.69) is 11.4 Å². The summed E-state index contributed by atoms with van der Waals surface area (Å²) < 4.78 is 37.5. The molecule has 1 saturated carbocycles. The third kappa shape index (κ3) is 3.95. The van der Waals surface area contributed by atoms with Crippen LogP contribution in [0.25, 0.3) is 0 Å². The van der Waals surface area contributed by atoms with Gasteiger partial charge in [0.2, 0.25) is 0 Å². The SMILES string of the molecule is N#Cc1ccc(CNC2CCC(C(F)(F)F)CC2)s1. The lowest BCUT2D eigenvalue weighted by molar-refractivity contribution is -0.182. The van der Waals surface area contributed by atoms with Gasteiger partial charge in [-0.25, -0.2) is 0 Å². The Balaban J connectivity index is 1.76. The molecule has 0 aliphatic heterocycles. The van der Waals surface area contributed by atoms with Crippen LogP contribution in [0.5, 0.6) is 0 Å². The number of nitrogens with zero attached hydrogens (tertiary/aromatic N) is 1. The Morgan fingerprint density at radius 3 is 2.47 bits per heavy atom. The van der Waals surface area contributed by atoms with Crippen molar-refractivity contribution in [3.05, 3.63) is 21.9 Å². The summed E-state index contributed by atoms with van der Waals surface area (Å²) in [6, 6.07) is 5.88. The summed E-state index contributed by atoms with van der Waals surface area (Å²) in [6.07, 6.45) is -2.47. The smallest absolute Gasteiger partial charge is 0.309 e. The summed E-state index contributed by atoms with van der Waals surface area (Å²) in [5.41, 5.74) is 0. The van der Waals surface area contributed by atoms with Gasteiger partial charge >= 0.3 is 6.18 Å². The Labute approximate surface area is 114 Å². The average Bonchev–Trinajstić information content (AvgIpc) is 2.84. The molecule has 1 aliphatic rings. The van der Waals surface area contributed by atoms with Crippen LogP contribution in [0.1, 0.15) is 35.4 Å². The van der Waals surface area contributed by atoms with Gasteiger partial charge in [0.05, 0.1) is 5.92 Å². The molecule has 0 spiro atoms. The number of hydrogen-bond acceptors (Lipinski definition) is 3. The summed E-state index contributed by atoms with van der Waals surface area (Å²) >= 11 is 1.42. The van der Waals surface area contributed by atoms with E-state index in [1.54, 1.807) is 6.07 Å². The minimum atomic E-state index is -4.04. The highest BCUT2D eigenvalue weighted by atomic mass is 32.1. The molecular weight excluding hydrogens is 273 g/mol. The molecule has 0 aromatic carbocycles. The second-order valence-electron chi connectivity index (χ2n) is 4.85. The van der Waals surface area contributed by atoms with Crippen LogP contribution < -0.4 is 5.32 Å². The lowest BCUT2D eigenvalue weighted by Gasteiger charge is -2.30. The summed E-state index contributed by atoms with van der Waals surface area (Å²) in [5.74, 6) is -1.13. The summed E-state index contributed by atoms with van der Waals surface area (Å²) in [5, 5.41) is 12.0. The van der Waals surface area contributed by atoms with E-state index >= 15 is 0 Å². The molecule has 0 bridgehead atoms. The lowest BCUT2D eigenvalue weighted by Crippen LogP contribution is -2.36. The van der Waals surface area contributed by atoms with Crippen molar-refractivity contribution in [2.75, 3.05) is 0 Å². The van der Waals surface area contributed by atoms with Crippen LogP contribution in [0, 0.1) is 17.2 Å². The zero-order valence-electron chi connectivity index (χ0n) is 10.3. The molecular formula is C13H15F3N2S. The van der Waals surface area contributed by atoms with E-state index in [0.29, 0.717) is 24.3 Å². The van der Waals surface area contributed by atoms with Crippen molar-refractivity contribution in [2.45, 2.75) is 44.4 Å². The minimum Gasteiger partial charge on any atom is -0.309 e. The molecule has 0 atom stereocenters. The lowest BCUT2D eigenvalue weighted by atomic mass is 9.85. The summed E-state index contributed by atoms with van der Waals surface area (Å²) in [7, 11) is 0. The van der Waals surface area contributed by atoms with Gasteiger partial charge in [-0.3, -0.25) is 0 Å². The maximum absolute atomic E-state index is 12.5. The Hall–Kier alpha value is -1.06. The monoisotopic (exact) mass is 288 g/mol. The molecule has 19 heavy (non-hydrogen) atoms. The van der Waals surface area contributed by atoms with Crippen LogP contribution in [0.4, 0.5) is 13.2 Å². The van der Waals surface area contributed by atoms with Gasteiger partial charge in [-0.05, 0) is 37.8 Å². The Kier molecular flexibility index (Phi) is 4.48. The summed E-state index contributed by atoms with van der Waals surface area (Å²) in [4.78, 5) is 1.71. The van der Waals surface area contributed by atoms with Gasteiger partial charge in [0.15, 0.2) is 0 Å². The third-order valence-corrected chi connectivity index (χ3v) is 4.52. The van der Waals surface area contributed by atoms with Crippen molar-refractivity contribution in [3.63, 3.8) is 0 Å². The van der Waals surface area contributed by atoms with E-state index in [9.17, 15) is 13.2 Å². The maximum Gasteiger partial charge on any atom is 0.391 e. The van der Waals surface area contributed by atoms with Crippen LogP contribution in [-0.2, 0) is 6.54 Å². The zero-order chi connectivity index (χ0) is 13.9.